The second-order valence-corrected chi connectivity index (χ2v) is 7.22. The number of nitrogens with one attached hydrogen (secondary N) is 1. The van der Waals surface area contributed by atoms with Gasteiger partial charge in [-0.2, -0.15) is 0 Å². The van der Waals surface area contributed by atoms with Crippen molar-refractivity contribution < 1.29 is 4.79 Å². The molecule has 0 saturated carbocycles. The third kappa shape index (κ3) is 5.18. The summed E-state index contributed by atoms with van der Waals surface area (Å²) in [6.45, 7) is 7.99. The molecule has 0 spiro atoms. The third-order valence-electron chi connectivity index (χ3n) is 4.04. The van der Waals surface area contributed by atoms with Crippen molar-refractivity contribution in [2.45, 2.75) is 40.5 Å². The maximum absolute atomic E-state index is 11.8. The highest BCUT2D eigenvalue weighted by molar-refractivity contribution is 14.1. The zero-order chi connectivity index (χ0) is 19.1. The van der Waals surface area contributed by atoms with E-state index in [2.05, 4.69) is 70.7 Å². The summed E-state index contributed by atoms with van der Waals surface area (Å²) in [7, 11) is 0. The van der Waals surface area contributed by atoms with E-state index in [1.807, 2.05) is 31.3 Å². The van der Waals surface area contributed by atoms with E-state index in [0.29, 0.717) is 0 Å². The van der Waals surface area contributed by atoms with E-state index < -0.39 is 0 Å². The van der Waals surface area contributed by atoms with Gasteiger partial charge in [0.25, 0.3) is 5.91 Å². The lowest BCUT2D eigenvalue weighted by Crippen LogP contribution is -2.09. The maximum atomic E-state index is 11.8. The number of amides is 1. The summed E-state index contributed by atoms with van der Waals surface area (Å²) < 4.78 is 0.969. The first-order valence-electron chi connectivity index (χ1n) is 8.63. The van der Waals surface area contributed by atoms with Crippen LogP contribution in [0, 0.1) is 22.3 Å². The zero-order valence-corrected chi connectivity index (χ0v) is 17.8. The van der Waals surface area contributed by atoms with Crippen LogP contribution in [0.1, 0.15) is 44.9 Å². The quantitative estimate of drug-likeness (QED) is 0.453. The highest BCUT2D eigenvalue weighted by Crippen LogP contribution is 2.29. The monoisotopic (exact) mass is 458 g/mol. The van der Waals surface area contributed by atoms with Gasteiger partial charge < -0.3 is 5.32 Å². The van der Waals surface area contributed by atoms with E-state index >= 15 is 0 Å². The number of anilines is 1. The lowest BCUT2D eigenvalue weighted by Gasteiger charge is -2.11. The van der Waals surface area contributed by atoms with Crippen LogP contribution in [0.3, 0.4) is 0 Å². The normalized spacial score (nSPS) is 10.9. The molecule has 1 aromatic carbocycles. The second kappa shape index (κ2) is 9.54. The number of allylic oxidation sites excluding steroid dienone is 2. The van der Waals surface area contributed by atoms with Gasteiger partial charge in [0.15, 0.2) is 0 Å². The molecule has 134 valence electrons. The predicted molar refractivity (Wildman–Crippen MR) is 118 cm³/mol. The van der Waals surface area contributed by atoms with Crippen molar-refractivity contribution in [3.63, 3.8) is 0 Å². The standard InChI is InChI=1S/C22H23IN2O/c1-5-7-9-15(3)19-12-18(14-24-16(19)4)17-10-11-20(23)21(13-17)25-22(26)8-6-2/h9-14H,5,7H2,1-4H3,(H,25,26)/b15-9-. The van der Waals surface area contributed by atoms with Crippen LogP contribution in [0.25, 0.3) is 16.7 Å². The molecule has 0 aliphatic heterocycles. The molecule has 3 nitrogen and oxygen atoms in total. The lowest BCUT2D eigenvalue weighted by atomic mass is 9.99. The summed E-state index contributed by atoms with van der Waals surface area (Å²) in [5.41, 5.74) is 6.24. The number of halogens is 1. The SMILES string of the molecule is CC#CC(=O)Nc1cc(-c2cnc(C)c(/C(C)=C\CCC)c2)ccc1I. The molecule has 1 N–H and O–H groups in total. The van der Waals surface area contributed by atoms with Gasteiger partial charge >= 0.3 is 0 Å². The number of aryl methyl sites for hydroxylation is 1. The van der Waals surface area contributed by atoms with E-state index in [1.165, 1.54) is 5.57 Å². The number of nitrogens with zero attached hydrogens (tertiary/aromatic N) is 1. The molecular formula is C22H23IN2O. The van der Waals surface area contributed by atoms with Gasteiger partial charge in [0.2, 0.25) is 0 Å². The average Bonchev–Trinajstić information content (AvgIpc) is 2.62. The Morgan fingerprint density at radius 2 is 2.08 bits per heavy atom. The molecule has 2 rings (SSSR count). The first-order chi connectivity index (χ1) is 12.5. The number of benzene rings is 1. The molecule has 26 heavy (non-hydrogen) atoms. The number of hydrogen-bond acceptors (Lipinski definition) is 2. The molecule has 0 bridgehead atoms. The molecule has 0 fully saturated rings. The molecule has 0 saturated heterocycles. The lowest BCUT2D eigenvalue weighted by molar-refractivity contribution is -0.111. The average molecular weight is 458 g/mol. The van der Waals surface area contributed by atoms with Crippen LogP contribution in [0.4, 0.5) is 5.69 Å². The van der Waals surface area contributed by atoms with Gasteiger partial charge in [-0.25, -0.2) is 0 Å². The van der Waals surface area contributed by atoms with Crippen molar-refractivity contribution in [1.82, 2.24) is 4.98 Å². The van der Waals surface area contributed by atoms with E-state index in [0.717, 1.165) is 44.5 Å². The first-order valence-corrected chi connectivity index (χ1v) is 9.71. The van der Waals surface area contributed by atoms with Crippen molar-refractivity contribution >= 4 is 39.8 Å². The van der Waals surface area contributed by atoms with Crippen LogP contribution in [0.5, 0.6) is 0 Å². The summed E-state index contributed by atoms with van der Waals surface area (Å²) in [4.78, 5) is 16.4. The topological polar surface area (TPSA) is 42.0 Å². The maximum Gasteiger partial charge on any atom is 0.300 e. The summed E-state index contributed by atoms with van der Waals surface area (Å²) in [5.74, 6) is 4.82. The minimum Gasteiger partial charge on any atom is -0.314 e. The Labute approximate surface area is 169 Å². The Bertz CT molecular complexity index is 904. The Morgan fingerprint density at radius 3 is 2.77 bits per heavy atom. The van der Waals surface area contributed by atoms with Gasteiger partial charge in [0, 0.05) is 21.0 Å². The highest BCUT2D eigenvalue weighted by Gasteiger charge is 2.09. The van der Waals surface area contributed by atoms with Crippen LogP contribution >= 0.6 is 22.6 Å². The molecule has 1 heterocycles. The van der Waals surface area contributed by atoms with E-state index in [-0.39, 0.29) is 5.91 Å². The van der Waals surface area contributed by atoms with Crippen molar-refractivity contribution in [1.29, 1.82) is 0 Å². The fourth-order valence-electron chi connectivity index (χ4n) is 2.63. The minimum atomic E-state index is -0.302. The number of aromatic nitrogens is 1. The van der Waals surface area contributed by atoms with Crippen molar-refractivity contribution in [3.05, 3.63) is 51.4 Å². The smallest absolute Gasteiger partial charge is 0.300 e. The van der Waals surface area contributed by atoms with E-state index in [4.69, 9.17) is 0 Å². The van der Waals surface area contributed by atoms with Crippen LogP contribution in [-0.2, 0) is 4.79 Å². The number of carbonyl (C=O) groups excluding carboxylic acids is 1. The molecule has 2 aromatic rings. The molecule has 4 heteroatoms. The first kappa shape index (κ1) is 20.2. The number of rotatable bonds is 5. The number of hydrogen-bond donors (Lipinski definition) is 1. The molecule has 0 aliphatic rings. The second-order valence-electron chi connectivity index (χ2n) is 6.06. The molecule has 0 aliphatic carbocycles. The van der Waals surface area contributed by atoms with Gasteiger partial charge in [0.1, 0.15) is 0 Å². The minimum absolute atomic E-state index is 0.302. The summed E-state index contributed by atoms with van der Waals surface area (Å²) >= 11 is 2.21. The van der Waals surface area contributed by atoms with Crippen molar-refractivity contribution in [3.8, 4) is 23.0 Å². The molecule has 1 aromatic heterocycles. The molecule has 0 unspecified atom stereocenters. The number of unbranched alkanes of at least 4 members (excludes halogenated alkanes) is 1. The Morgan fingerprint density at radius 1 is 1.31 bits per heavy atom. The van der Waals surface area contributed by atoms with Crippen molar-refractivity contribution in [2.75, 3.05) is 5.32 Å². The van der Waals surface area contributed by atoms with Gasteiger partial charge in [-0.15, -0.1) is 0 Å². The van der Waals surface area contributed by atoms with Gasteiger partial charge in [-0.3, -0.25) is 9.78 Å². The Hall–Kier alpha value is -2.13. The van der Waals surface area contributed by atoms with Gasteiger partial charge in [-0.05, 0) is 90.6 Å². The van der Waals surface area contributed by atoms with Gasteiger partial charge in [-0.1, -0.05) is 31.4 Å². The summed E-state index contributed by atoms with van der Waals surface area (Å²) in [6, 6.07) is 8.18. The van der Waals surface area contributed by atoms with Crippen molar-refractivity contribution in [2.24, 2.45) is 0 Å². The largest absolute Gasteiger partial charge is 0.314 e. The number of pyridine rings is 1. The Kier molecular flexibility index (Phi) is 7.40. The molecular weight excluding hydrogens is 435 g/mol. The summed E-state index contributed by atoms with van der Waals surface area (Å²) in [5, 5.41) is 2.85. The highest BCUT2D eigenvalue weighted by atomic mass is 127. The van der Waals surface area contributed by atoms with Crippen LogP contribution in [0.2, 0.25) is 0 Å². The van der Waals surface area contributed by atoms with Crippen LogP contribution in [0.15, 0.2) is 36.5 Å². The molecule has 0 atom stereocenters. The van der Waals surface area contributed by atoms with Gasteiger partial charge in [0.05, 0.1) is 5.69 Å². The zero-order valence-electron chi connectivity index (χ0n) is 15.6. The molecule has 0 radical (unpaired) electrons. The Balaban J connectivity index is 2.42. The third-order valence-corrected chi connectivity index (χ3v) is 4.98. The van der Waals surface area contributed by atoms with Crippen LogP contribution in [-0.4, -0.2) is 10.9 Å². The predicted octanol–water partition coefficient (Wildman–Crippen LogP) is 5.83. The van der Waals surface area contributed by atoms with E-state index in [1.54, 1.807) is 6.92 Å². The fourth-order valence-corrected chi connectivity index (χ4v) is 3.10. The van der Waals surface area contributed by atoms with E-state index in [9.17, 15) is 4.79 Å². The summed E-state index contributed by atoms with van der Waals surface area (Å²) in [6.07, 6.45) is 6.33. The van der Waals surface area contributed by atoms with Crippen LogP contribution < -0.4 is 5.32 Å². The fraction of sp³-hybridized carbons (Fsp3) is 0.273. The molecule has 1 amide bonds. The number of carbonyl (C=O) groups is 1.